The number of carbonyl (C=O) groups is 1. The molecule has 12 heteroatoms. The van der Waals surface area contributed by atoms with Gasteiger partial charge in [-0.15, -0.1) is 0 Å². The number of amides is 1. The lowest BCUT2D eigenvalue weighted by atomic mass is 10.1. The first kappa shape index (κ1) is 29.7. The van der Waals surface area contributed by atoms with Gasteiger partial charge in [0.1, 0.15) is 17.6 Å². The molecule has 3 heterocycles. The van der Waals surface area contributed by atoms with Gasteiger partial charge in [-0.25, -0.2) is 12.8 Å². The molecule has 2 saturated heterocycles. The van der Waals surface area contributed by atoms with E-state index in [4.69, 9.17) is 4.74 Å². The highest BCUT2D eigenvalue weighted by Crippen LogP contribution is 2.29. The van der Waals surface area contributed by atoms with Crippen molar-refractivity contribution in [3.8, 4) is 11.4 Å². The van der Waals surface area contributed by atoms with Crippen LogP contribution in [0.25, 0.3) is 5.69 Å². The fraction of sp³-hybridized carbons (Fsp3) is 0.433. The SMILES string of the molecule is CCCC(=O)N1CCC(Oc2c(N3CCN(S(=O)(=O)Cc4ccccc4)CC3)cnn(-c3ccc(F)cc3)c2=O)CC1. The minimum Gasteiger partial charge on any atom is -0.483 e. The molecule has 1 amide bonds. The summed E-state index contributed by atoms with van der Waals surface area (Å²) in [4.78, 5) is 29.9. The third-order valence-corrected chi connectivity index (χ3v) is 9.54. The molecule has 2 aromatic carbocycles. The number of carbonyl (C=O) groups excluding carboxylic acids is 1. The molecule has 2 aliphatic rings. The Balaban J connectivity index is 1.36. The summed E-state index contributed by atoms with van der Waals surface area (Å²) in [5.74, 6) is -0.256. The van der Waals surface area contributed by atoms with E-state index < -0.39 is 21.4 Å². The van der Waals surface area contributed by atoms with Crippen molar-refractivity contribution in [3.05, 3.63) is 82.5 Å². The zero-order valence-corrected chi connectivity index (χ0v) is 24.5. The van der Waals surface area contributed by atoms with Crippen LogP contribution in [-0.4, -0.2) is 78.7 Å². The molecule has 0 radical (unpaired) electrons. The van der Waals surface area contributed by atoms with Crippen molar-refractivity contribution >= 4 is 21.6 Å². The second-order valence-electron chi connectivity index (χ2n) is 10.6. The van der Waals surface area contributed by atoms with E-state index in [2.05, 4.69) is 5.10 Å². The van der Waals surface area contributed by atoms with E-state index in [0.29, 0.717) is 56.8 Å². The van der Waals surface area contributed by atoms with Crippen LogP contribution < -0.4 is 15.2 Å². The maximum Gasteiger partial charge on any atom is 0.316 e. The molecule has 0 aliphatic carbocycles. The van der Waals surface area contributed by atoms with Crippen LogP contribution >= 0.6 is 0 Å². The summed E-state index contributed by atoms with van der Waals surface area (Å²) in [5, 5.41) is 4.36. The smallest absolute Gasteiger partial charge is 0.316 e. The largest absolute Gasteiger partial charge is 0.483 e. The maximum absolute atomic E-state index is 13.8. The number of halogens is 1. The molecule has 0 saturated carbocycles. The number of benzene rings is 2. The molecule has 2 fully saturated rings. The number of rotatable bonds is 9. The summed E-state index contributed by atoms with van der Waals surface area (Å²) < 4.78 is 48.7. The van der Waals surface area contributed by atoms with Gasteiger partial charge >= 0.3 is 5.56 Å². The van der Waals surface area contributed by atoms with Crippen LogP contribution in [0.5, 0.6) is 5.75 Å². The monoisotopic (exact) mass is 597 g/mol. The predicted octanol–water partition coefficient (Wildman–Crippen LogP) is 3.19. The Kier molecular flexibility index (Phi) is 9.22. The topological polar surface area (TPSA) is 105 Å². The van der Waals surface area contributed by atoms with Crippen LogP contribution in [0, 0.1) is 5.82 Å². The molecule has 224 valence electrons. The van der Waals surface area contributed by atoms with Crippen LogP contribution in [0.3, 0.4) is 0 Å². The van der Waals surface area contributed by atoms with E-state index in [0.717, 1.165) is 12.0 Å². The fourth-order valence-electron chi connectivity index (χ4n) is 5.38. The van der Waals surface area contributed by atoms with Crippen molar-refractivity contribution in [1.29, 1.82) is 0 Å². The van der Waals surface area contributed by atoms with Crippen LogP contribution in [0.1, 0.15) is 38.2 Å². The zero-order valence-electron chi connectivity index (χ0n) is 23.7. The summed E-state index contributed by atoms with van der Waals surface area (Å²) >= 11 is 0. The normalized spacial score (nSPS) is 16.9. The lowest BCUT2D eigenvalue weighted by Crippen LogP contribution is -2.49. The number of anilines is 1. The van der Waals surface area contributed by atoms with E-state index in [-0.39, 0.29) is 36.6 Å². The highest BCUT2D eigenvalue weighted by Gasteiger charge is 2.31. The Hall–Kier alpha value is -3.77. The highest BCUT2D eigenvalue weighted by molar-refractivity contribution is 7.88. The van der Waals surface area contributed by atoms with Gasteiger partial charge in [0, 0.05) is 58.5 Å². The molecule has 0 spiro atoms. The number of ether oxygens (including phenoxy) is 1. The number of hydrogen-bond donors (Lipinski definition) is 0. The van der Waals surface area contributed by atoms with Crippen molar-refractivity contribution in [2.45, 2.75) is 44.5 Å². The van der Waals surface area contributed by atoms with Crippen LogP contribution in [0.4, 0.5) is 10.1 Å². The van der Waals surface area contributed by atoms with Gasteiger partial charge in [-0.2, -0.15) is 14.1 Å². The summed E-state index contributed by atoms with van der Waals surface area (Å²) in [6.45, 7) is 4.30. The first-order valence-electron chi connectivity index (χ1n) is 14.3. The first-order chi connectivity index (χ1) is 20.2. The summed E-state index contributed by atoms with van der Waals surface area (Å²) in [5.41, 5.74) is 1.13. The lowest BCUT2D eigenvalue weighted by Gasteiger charge is -2.37. The summed E-state index contributed by atoms with van der Waals surface area (Å²) in [6.07, 6.45) is 3.74. The molecular formula is C30H36FN5O5S. The summed E-state index contributed by atoms with van der Waals surface area (Å²) in [7, 11) is -3.51. The Morgan fingerprint density at radius 1 is 0.976 bits per heavy atom. The molecule has 0 atom stereocenters. The predicted molar refractivity (Wildman–Crippen MR) is 158 cm³/mol. The summed E-state index contributed by atoms with van der Waals surface area (Å²) in [6, 6.07) is 14.5. The minimum atomic E-state index is -3.51. The third-order valence-electron chi connectivity index (χ3n) is 7.69. The molecule has 5 rings (SSSR count). The van der Waals surface area contributed by atoms with Crippen molar-refractivity contribution in [2.24, 2.45) is 0 Å². The molecule has 10 nitrogen and oxygen atoms in total. The van der Waals surface area contributed by atoms with Gasteiger partial charge in [0.2, 0.25) is 21.7 Å². The number of piperazine rings is 1. The molecular weight excluding hydrogens is 561 g/mol. The highest BCUT2D eigenvalue weighted by atomic mass is 32.2. The van der Waals surface area contributed by atoms with Gasteiger partial charge in [0.25, 0.3) is 0 Å². The van der Waals surface area contributed by atoms with Crippen molar-refractivity contribution in [2.75, 3.05) is 44.2 Å². The van der Waals surface area contributed by atoms with Crippen molar-refractivity contribution < 1.29 is 22.3 Å². The Bertz CT molecular complexity index is 1530. The van der Waals surface area contributed by atoms with Gasteiger partial charge in [-0.05, 0) is 36.2 Å². The second-order valence-corrected chi connectivity index (χ2v) is 12.6. The number of hydrogen-bond acceptors (Lipinski definition) is 7. The Morgan fingerprint density at radius 3 is 2.29 bits per heavy atom. The molecule has 2 aliphatic heterocycles. The van der Waals surface area contributed by atoms with Crippen LogP contribution in [0.2, 0.25) is 0 Å². The van der Waals surface area contributed by atoms with Crippen molar-refractivity contribution in [3.63, 3.8) is 0 Å². The molecule has 3 aromatic rings. The number of piperidine rings is 1. The number of nitrogens with zero attached hydrogens (tertiary/aromatic N) is 5. The first-order valence-corrected chi connectivity index (χ1v) is 16.0. The van der Waals surface area contributed by atoms with E-state index in [1.165, 1.54) is 33.3 Å². The van der Waals surface area contributed by atoms with E-state index in [1.54, 1.807) is 18.3 Å². The molecule has 1 aromatic heterocycles. The van der Waals surface area contributed by atoms with E-state index >= 15 is 0 Å². The van der Waals surface area contributed by atoms with Crippen LogP contribution in [-0.2, 0) is 20.6 Å². The zero-order chi connectivity index (χ0) is 29.7. The van der Waals surface area contributed by atoms with Gasteiger partial charge < -0.3 is 14.5 Å². The standard InChI is InChI=1S/C30H36FN5O5S/c1-2-6-28(37)34-15-13-26(14-16-34)41-29-27(21-32-36(30(29)38)25-11-9-24(31)10-12-25)33-17-19-35(20-18-33)42(39,40)22-23-7-4-3-5-8-23/h3-5,7-12,21,26H,2,6,13-20,22H2,1H3. The molecule has 0 unspecified atom stereocenters. The average molecular weight is 598 g/mol. The van der Waals surface area contributed by atoms with E-state index in [9.17, 15) is 22.4 Å². The van der Waals surface area contributed by atoms with Gasteiger partial charge in [0.05, 0.1) is 17.6 Å². The average Bonchev–Trinajstić information content (AvgIpc) is 2.99. The number of aromatic nitrogens is 2. The number of likely N-dealkylation sites (tertiary alicyclic amines) is 1. The van der Waals surface area contributed by atoms with Gasteiger partial charge in [-0.3, -0.25) is 9.59 Å². The quantitative estimate of drug-likeness (QED) is 0.373. The third kappa shape index (κ3) is 6.81. The maximum atomic E-state index is 13.8. The van der Waals surface area contributed by atoms with Crippen molar-refractivity contribution in [1.82, 2.24) is 19.0 Å². The molecule has 0 N–H and O–H groups in total. The van der Waals surface area contributed by atoms with Gasteiger partial charge in [0.15, 0.2) is 0 Å². The number of sulfonamides is 1. The minimum absolute atomic E-state index is 0.0725. The van der Waals surface area contributed by atoms with Gasteiger partial charge in [-0.1, -0.05) is 37.3 Å². The Morgan fingerprint density at radius 2 is 1.64 bits per heavy atom. The van der Waals surface area contributed by atoms with E-state index in [1.807, 2.05) is 34.9 Å². The fourth-order valence-corrected chi connectivity index (χ4v) is 6.89. The second kappa shape index (κ2) is 13.0. The van der Waals surface area contributed by atoms with Crippen LogP contribution in [0.15, 0.2) is 65.6 Å². The molecule has 0 bridgehead atoms. The lowest BCUT2D eigenvalue weighted by molar-refractivity contribution is -0.133. The Labute approximate surface area is 245 Å². The molecule has 42 heavy (non-hydrogen) atoms.